The molecule has 6 heteroatoms. The lowest BCUT2D eigenvalue weighted by Gasteiger charge is -2.31. The van der Waals surface area contributed by atoms with E-state index in [1.54, 1.807) is 38.4 Å². The molecule has 1 aromatic carbocycles. The highest BCUT2D eigenvalue weighted by atomic mass is 35.5. The molecule has 2 amide bonds. The number of carbonyl (C=O) groups is 2. The van der Waals surface area contributed by atoms with Crippen LogP contribution in [0.4, 0.5) is 5.69 Å². The Balaban J connectivity index is 0.00000242. The quantitative estimate of drug-likeness (QED) is 0.896. The molecule has 0 spiro atoms. The first-order valence-corrected chi connectivity index (χ1v) is 7.34. The molecule has 1 saturated carbocycles. The van der Waals surface area contributed by atoms with Crippen LogP contribution in [0.25, 0.3) is 0 Å². The Morgan fingerprint density at radius 2 is 1.82 bits per heavy atom. The maximum Gasteiger partial charge on any atom is 0.253 e. The number of rotatable bonds is 3. The zero-order valence-electron chi connectivity index (χ0n) is 13.1. The molecule has 1 aliphatic rings. The molecular weight excluding hydrogens is 302 g/mol. The van der Waals surface area contributed by atoms with E-state index in [9.17, 15) is 9.59 Å². The van der Waals surface area contributed by atoms with Gasteiger partial charge in [-0.3, -0.25) is 9.59 Å². The number of hydrogen-bond donors (Lipinski definition) is 2. The molecule has 0 bridgehead atoms. The minimum absolute atomic E-state index is 0. The first-order valence-electron chi connectivity index (χ1n) is 7.34. The zero-order valence-corrected chi connectivity index (χ0v) is 13.9. The maximum atomic E-state index is 12.4. The van der Waals surface area contributed by atoms with Crippen molar-refractivity contribution in [1.29, 1.82) is 0 Å². The van der Waals surface area contributed by atoms with E-state index < -0.39 is 5.54 Å². The van der Waals surface area contributed by atoms with Gasteiger partial charge in [0.05, 0.1) is 5.54 Å². The summed E-state index contributed by atoms with van der Waals surface area (Å²) in [6.45, 7) is 0. The van der Waals surface area contributed by atoms with Gasteiger partial charge in [0.2, 0.25) is 5.91 Å². The number of benzene rings is 1. The molecular formula is C16H24ClN3O2. The summed E-state index contributed by atoms with van der Waals surface area (Å²) in [6, 6.07) is 6.95. The van der Waals surface area contributed by atoms with Crippen molar-refractivity contribution in [3.05, 3.63) is 29.8 Å². The van der Waals surface area contributed by atoms with E-state index in [1.807, 2.05) is 0 Å². The topological polar surface area (TPSA) is 75.4 Å². The van der Waals surface area contributed by atoms with Crippen molar-refractivity contribution < 1.29 is 9.59 Å². The molecule has 1 aliphatic carbocycles. The number of halogens is 1. The van der Waals surface area contributed by atoms with Crippen LogP contribution in [-0.2, 0) is 4.79 Å². The van der Waals surface area contributed by atoms with Crippen LogP contribution in [0.5, 0.6) is 0 Å². The molecule has 3 N–H and O–H groups in total. The fourth-order valence-electron chi connectivity index (χ4n) is 2.65. The summed E-state index contributed by atoms with van der Waals surface area (Å²) in [5.74, 6) is -0.247. The van der Waals surface area contributed by atoms with Gasteiger partial charge in [-0.2, -0.15) is 0 Å². The molecule has 0 atom stereocenters. The molecule has 0 heterocycles. The molecule has 2 rings (SSSR count). The van der Waals surface area contributed by atoms with E-state index in [0.29, 0.717) is 11.3 Å². The summed E-state index contributed by atoms with van der Waals surface area (Å²) < 4.78 is 0. The number of hydrogen-bond acceptors (Lipinski definition) is 3. The number of nitrogens with zero attached hydrogens (tertiary/aromatic N) is 1. The molecule has 1 aromatic rings. The lowest BCUT2D eigenvalue weighted by Crippen LogP contribution is -2.52. The summed E-state index contributed by atoms with van der Waals surface area (Å²) in [6.07, 6.45) is 4.55. The molecule has 122 valence electrons. The third kappa shape index (κ3) is 4.21. The summed E-state index contributed by atoms with van der Waals surface area (Å²) in [5, 5.41) is 2.85. The van der Waals surface area contributed by atoms with Gasteiger partial charge in [0, 0.05) is 25.3 Å². The second kappa shape index (κ2) is 7.61. The van der Waals surface area contributed by atoms with Gasteiger partial charge in [-0.1, -0.05) is 25.3 Å². The minimum atomic E-state index is -0.778. The summed E-state index contributed by atoms with van der Waals surface area (Å²) in [4.78, 5) is 25.8. The SMILES string of the molecule is CN(C)C(=O)c1cccc(NC(=O)C2(N)CCCCC2)c1.Cl. The normalized spacial score (nSPS) is 16.3. The van der Waals surface area contributed by atoms with Gasteiger partial charge in [0.25, 0.3) is 5.91 Å². The Hall–Kier alpha value is -1.59. The molecule has 5 nitrogen and oxygen atoms in total. The molecule has 0 aliphatic heterocycles. The minimum Gasteiger partial charge on any atom is -0.345 e. The Labute approximate surface area is 137 Å². The Kier molecular flexibility index (Phi) is 6.38. The van der Waals surface area contributed by atoms with Gasteiger partial charge in [-0.15, -0.1) is 12.4 Å². The van der Waals surface area contributed by atoms with Crippen molar-refractivity contribution in [2.24, 2.45) is 5.73 Å². The van der Waals surface area contributed by atoms with Crippen LogP contribution in [0, 0.1) is 0 Å². The molecule has 22 heavy (non-hydrogen) atoms. The molecule has 0 aromatic heterocycles. The number of nitrogens with two attached hydrogens (primary N) is 1. The highest BCUT2D eigenvalue weighted by Gasteiger charge is 2.35. The van der Waals surface area contributed by atoms with Crippen molar-refractivity contribution in [1.82, 2.24) is 4.90 Å². The largest absolute Gasteiger partial charge is 0.345 e. The predicted octanol–water partition coefficient (Wildman–Crippen LogP) is 2.41. The molecule has 0 radical (unpaired) electrons. The average molecular weight is 326 g/mol. The van der Waals surface area contributed by atoms with Crippen molar-refractivity contribution in [3.63, 3.8) is 0 Å². The average Bonchev–Trinajstić information content (AvgIpc) is 2.47. The van der Waals surface area contributed by atoms with Crippen LogP contribution in [0.1, 0.15) is 42.5 Å². The highest BCUT2D eigenvalue weighted by Crippen LogP contribution is 2.27. The fourth-order valence-corrected chi connectivity index (χ4v) is 2.65. The van der Waals surface area contributed by atoms with Crippen LogP contribution in [0.15, 0.2) is 24.3 Å². The van der Waals surface area contributed by atoms with Crippen molar-refractivity contribution >= 4 is 29.9 Å². The number of carbonyl (C=O) groups excluding carboxylic acids is 2. The van der Waals surface area contributed by atoms with E-state index >= 15 is 0 Å². The van der Waals surface area contributed by atoms with E-state index in [-0.39, 0.29) is 24.2 Å². The summed E-state index contributed by atoms with van der Waals surface area (Å²) in [7, 11) is 3.40. The fraction of sp³-hybridized carbons (Fsp3) is 0.500. The van der Waals surface area contributed by atoms with E-state index in [0.717, 1.165) is 32.1 Å². The lowest BCUT2D eigenvalue weighted by molar-refractivity contribution is -0.122. The zero-order chi connectivity index (χ0) is 15.5. The van der Waals surface area contributed by atoms with Gasteiger partial charge in [-0.25, -0.2) is 0 Å². The lowest BCUT2D eigenvalue weighted by atomic mass is 9.82. The van der Waals surface area contributed by atoms with Crippen molar-refractivity contribution in [3.8, 4) is 0 Å². The smallest absolute Gasteiger partial charge is 0.253 e. The molecule has 0 saturated heterocycles. The third-order valence-electron chi connectivity index (χ3n) is 3.97. The van der Waals surface area contributed by atoms with Crippen LogP contribution in [0.3, 0.4) is 0 Å². The van der Waals surface area contributed by atoms with Crippen LogP contribution < -0.4 is 11.1 Å². The van der Waals surface area contributed by atoms with Gasteiger partial charge in [0.1, 0.15) is 0 Å². The van der Waals surface area contributed by atoms with Gasteiger partial charge in [0.15, 0.2) is 0 Å². The molecule has 0 unspecified atom stereocenters. The number of amides is 2. The first-order chi connectivity index (χ1) is 9.92. The van der Waals surface area contributed by atoms with Gasteiger partial charge < -0.3 is 16.0 Å². The number of nitrogens with one attached hydrogen (secondary N) is 1. The van der Waals surface area contributed by atoms with Gasteiger partial charge >= 0.3 is 0 Å². The van der Waals surface area contributed by atoms with Gasteiger partial charge in [-0.05, 0) is 31.0 Å². The monoisotopic (exact) mass is 325 g/mol. The Morgan fingerprint density at radius 1 is 1.18 bits per heavy atom. The highest BCUT2D eigenvalue weighted by molar-refractivity contribution is 6.00. The maximum absolute atomic E-state index is 12.4. The second-order valence-electron chi connectivity index (χ2n) is 5.95. The molecule has 1 fully saturated rings. The van der Waals surface area contributed by atoms with Crippen LogP contribution in [-0.4, -0.2) is 36.3 Å². The van der Waals surface area contributed by atoms with Crippen molar-refractivity contribution in [2.45, 2.75) is 37.6 Å². The first kappa shape index (κ1) is 18.5. The summed E-state index contributed by atoms with van der Waals surface area (Å²) >= 11 is 0. The Bertz CT molecular complexity index is 540. The standard InChI is InChI=1S/C16H23N3O2.ClH/c1-19(2)14(20)12-7-6-8-13(11-12)18-15(21)16(17)9-4-3-5-10-16;/h6-8,11H,3-5,9-10,17H2,1-2H3,(H,18,21);1H. The number of anilines is 1. The van der Waals surface area contributed by atoms with Crippen LogP contribution >= 0.6 is 12.4 Å². The van der Waals surface area contributed by atoms with Crippen LogP contribution in [0.2, 0.25) is 0 Å². The van der Waals surface area contributed by atoms with E-state index in [2.05, 4.69) is 5.32 Å². The second-order valence-corrected chi connectivity index (χ2v) is 5.95. The predicted molar refractivity (Wildman–Crippen MR) is 90.3 cm³/mol. The summed E-state index contributed by atoms with van der Waals surface area (Å²) in [5.41, 5.74) is 6.59. The third-order valence-corrected chi connectivity index (χ3v) is 3.97. The Morgan fingerprint density at radius 3 is 2.41 bits per heavy atom. The van der Waals surface area contributed by atoms with E-state index in [4.69, 9.17) is 5.73 Å². The van der Waals surface area contributed by atoms with Crippen molar-refractivity contribution in [2.75, 3.05) is 19.4 Å². The van der Waals surface area contributed by atoms with E-state index in [1.165, 1.54) is 4.90 Å².